The highest BCUT2D eigenvalue weighted by molar-refractivity contribution is 7.87. The Kier molecular flexibility index (Phi) is 8.22. The third kappa shape index (κ3) is 6.10. The van der Waals surface area contributed by atoms with Gasteiger partial charge in [-0.2, -0.15) is 8.42 Å². The maximum atomic E-state index is 12.5. The molecule has 28 heavy (non-hydrogen) atoms. The lowest BCUT2D eigenvalue weighted by Crippen LogP contribution is -2.49. The molecule has 2 aliphatic rings. The van der Waals surface area contributed by atoms with Crippen LogP contribution in [0.4, 0.5) is 0 Å². The van der Waals surface area contributed by atoms with E-state index in [9.17, 15) is 22.6 Å². The molecule has 2 saturated heterocycles. The van der Waals surface area contributed by atoms with E-state index in [-0.39, 0.29) is 0 Å². The van der Waals surface area contributed by atoms with Crippen LogP contribution in [0.2, 0.25) is 13.1 Å². The van der Waals surface area contributed by atoms with E-state index in [0.29, 0.717) is 26.1 Å². The van der Waals surface area contributed by atoms with Crippen LogP contribution in [0.5, 0.6) is 0 Å². The van der Waals surface area contributed by atoms with Gasteiger partial charge in [-0.25, -0.2) is 0 Å². The van der Waals surface area contributed by atoms with Crippen molar-refractivity contribution >= 4 is 41.1 Å². The van der Waals surface area contributed by atoms with Gasteiger partial charge in [-0.1, -0.05) is 13.1 Å². The molecule has 0 aromatic heterocycles. The zero-order valence-corrected chi connectivity index (χ0v) is 20.1. The first-order valence-corrected chi connectivity index (χ1v) is 15.6. The Morgan fingerprint density at radius 3 is 1.89 bits per heavy atom. The molecule has 2 rings (SSSR count). The normalized spacial score (nSPS) is 30.5. The maximum Gasteiger partial charge on any atom is 0.329 e. The van der Waals surface area contributed by atoms with Crippen LogP contribution < -0.4 is 0 Å². The van der Waals surface area contributed by atoms with Crippen LogP contribution in [0, 0.1) is 0 Å². The fraction of sp³-hybridized carbons (Fsp3) is 0.875. The van der Waals surface area contributed by atoms with Crippen molar-refractivity contribution < 1.29 is 41.5 Å². The monoisotopic (exact) mass is 454 g/mol. The van der Waals surface area contributed by atoms with Gasteiger partial charge in [0, 0.05) is 12.8 Å². The zero-order chi connectivity index (χ0) is 20.8. The summed E-state index contributed by atoms with van der Waals surface area (Å²) in [7, 11) is -6.76. The predicted molar refractivity (Wildman–Crippen MR) is 106 cm³/mol. The van der Waals surface area contributed by atoms with Crippen LogP contribution in [-0.2, 0) is 38.7 Å². The van der Waals surface area contributed by atoms with Crippen LogP contribution in [0.25, 0.3) is 0 Å². The lowest BCUT2D eigenvalue weighted by atomic mass is 10.2. The first-order chi connectivity index (χ1) is 13.2. The van der Waals surface area contributed by atoms with E-state index in [4.69, 9.17) is 18.9 Å². The molecule has 0 radical (unpaired) electrons. The molecular weight excluding hydrogens is 424 g/mol. The van der Waals surface area contributed by atoms with Gasteiger partial charge in [0.25, 0.3) is 10.1 Å². The molecule has 0 amide bonds. The number of rotatable bonds is 8. The van der Waals surface area contributed by atoms with Gasteiger partial charge in [0.2, 0.25) is 0 Å². The van der Waals surface area contributed by atoms with E-state index in [1.54, 1.807) is 0 Å². The first-order valence-electron chi connectivity index (χ1n) is 9.84. The third-order valence-electron chi connectivity index (χ3n) is 5.27. The Balaban J connectivity index is 2.08. The maximum absolute atomic E-state index is 12.5. The molecule has 2 aliphatic heterocycles. The Morgan fingerprint density at radius 2 is 1.50 bits per heavy atom. The van der Waals surface area contributed by atoms with Crippen molar-refractivity contribution in [2.45, 2.75) is 74.1 Å². The van der Waals surface area contributed by atoms with Crippen molar-refractivity contribution in [2.24, 2.45) is 0 Å². The molecule has 9 nitrogen and oxygen atoms in total. The average Bonchev–Trinajstić information content (AvgIpc) is 2.66. The van der Waals surface area contributed by atoms with E-state index in [2.05, 4.69) is 0 Å². The van der Waals surface area contributed by atoms with Crippen LogP contribution >= 0.6 is 0 Å². The summed E-state index contributed by atoms with van der Waals surface area (Å²) in [5.74, 6) is -2.08. The molecule has 0 aliphatic carbocycles. The SMILES string of the molecule is C[SiH2]C1(OC(=O)CC(C(=O)OC2([SiH2]C)CCCCO2)S(=O)(=O)O)CCCCO1. The highest BCUT2D eigenvalue weighted by atomic mass is 32.2. The van der Waals surface area contributed by atoms with Crippen molar-refractivity contribution in [3.05, 3.63) is 0 Å². The molecule has 3 atom stereocenters. The molecule has 2 heterocycles. The molecule has 1 N–H and O–H groups in total. The molecule has 3 unspecified atom stereocenters. The van der Waals surface area contributed by atoms with Crippen molar-refractivity contribution in [1.29, 1.82) is 0 Å². The Labute approximate surface area is 170 Å². The van der Waals surface area contributed by atoms with Crippen LogP contribution in [0.3, 0.4) is 0 Å². The topological polar surface area (TPSA) is 125 Å². The van der Waals surface area contributed by atoms with Gasteiger partial charge in [0.1, 0.15) is 19.0 Å². The Morgan fingerprint density at radius 1 is 1.00 bits per heavy atom. The van der Waals surface area contributed by atoms with E-state index >= 15 is 0 Å². The molecule has 0 aromatic carbocycles. The van der Waals surface area contributed by atoms with Crippen LogP contribution in [0.15, 0.2) is 0 Å². The van der Waals surface area contributed by atoms with Crippen molar-refractivity contribution in [1.82, 2.24) is 0 Å². The summed E-state index contributed by atoms with van der Waals surface area (Å²) in [6, 6.07) is 0. The van der Waals surface area contributed by atoms with Crippen molar-refractivity contribution in [2.75, 3.05) is 13.2 Å². The number of hydrogen-bond acceptors (Lipinski definition) is 8. The number of hydrogen-bond donors (Lipinski definition) is 1. The minimum absolute atomic E-state index is 0.424. The molecule has 0 bridgehead atoms. The number of esters is 2. The second-order valence-electron chi connectivity index (χ2n) is 7.24. The van der Waals surface area contributed by atoms with Crippen LogP contribution in [-0.4, -0.2) is 73.2 Å². The minimum atomic E-state index is -4.86. The first kappa shape index (κ1) is 23.5. The minimum Gasteiger partial charge on any atom is -0.438 e. The fourth-order valence-electron chi connectivity index (χ4n) is 3.48. The molecule has 12 heteroatoms. The van der Waals surface area contributed by atoms with Gasteiger partial charge >= 0.3 is 11.9 Å². The number of carbonyl (C=O) groups excluding carboxylic acids is 2. The molecular formula is C16H30O9SSi2. The lowest BCUT2D eigenvalue weighted by molar-refractivity contribution is -0.213. The summed E-state index contributed by atoms with van der Waals surface area (Å²) >= 11 is 0. The fourth-order valence-corrected chi connectivity index (χ4v) is 6.61. The smallest absolute Gasteiger partial charge is 0.329 e. The summed E-state index contributed by atoms with van der Waals surface area (Å²) in [6.07, 6.45) is 3.58. The third-order valence-corrected chi connectivity index (χ3v) is 9.91. The van der Waals surface area contributed by atoms with Gasteiger partial charge in [0.05, 0.1) is 19.6 Å². The standard InChI is InChI=1S/C16H30O9SSi2/c1-27-15(7-3-5-9-22-15)24-13(17)11-12(26(19,20)21)14(18)25-16(28-2)8-4-6-10-23-16/h12H,3-11,27-28H2,1-2H3,(H,19,20,21). The molecule has 0 saturated carbocycles. The number of ether oxygens (including phenoxy) is 4. The van der Waals surface area contributed by atoms with Gasteiger partial charge < -0.3 is 18.9 Å². The highest BCUT2D eigenvalue weighted by Gasteiger charge is 2.44. The summed E-state index contributed by atoms with van der Waals surface area (Å²) in [4.78, 5) is 24.9. The van der Waals surface area contributed by atoms with Gasteiger partial charge in [-0.15, -0.1) is 0 Å². The van der Waals surface area contributed by atoms with Crippen LogP contribution in [0.1, 0.15) is 44.9 Å². The largest absolute Gasteiger partial charge is 0.438 e. The zero-order valence-electron chi connectivity index (χ0n) is 16.5. The summed E-state index contributed by atoms with van der Waals surface area (Å²) < 4.78 is 55.2. The second-order valence-corrected chi connectivity index (χ2v) is 12.4. The second kappa shape index (κ2) is 9.80. The van der Waals surface area contributed by atoms with Crippen molar-refractivity contribution in [3.8, 4) is 0 Å². The lowest BCUT2D eigenvalue weighted by Gasteiger charge is -2.37. The summed E-state index contributed by atoms with van der Waals surface area (Å²) in [5.41, 5.74) is -2.07. The van der Waals surface area contributed by atoms with E-state index in [1.165, 1.54) is 0 Å². The Bertz CT molecular complexity index is 655. The van der Waals surface area contributed by atoms with Crippen molar-refractivity contribution in [3.63, 3.8) is 0 Å². The Hall–Kier alpha value is -0.796. The van der Waals surface area contributed by atoms with Gasteiger partial charge in [-0.3, -0.25) is 14.1 Å². The molecule has 2 fully saturated rings. The highest BCUT2D eigenvalue weighted by Crippen LogP contribution is 2.28. The van der Waals surface area contributed by atoms with E-state index in [0.717, 1.165) is 25.7 Å². The van der Waals surface area contributed by atoms with E-state index in [1.807, 2.05) is 13.1 Å². The molecule has 162 valence electrons. The summed E-state index contributed by atoms with van der Waals surface area (Å²) in [5, 5.41) is -2.04. The summed E-state index contributed by atoms with van der Waals surface area (Å²) in [6.45, 7) is 4.72. The van der Waals surface area contributed by atoms with Gasteiger partial charge in [0.15, 0.2) is 16.1 Å². The quantitative estimate of drug-likeness (QED) is 0.303. The van der Waals surface area contributed by atoms with E-state index < -0.39 is 63.6 Å². The molecule has 0 aromatic rings. The predicted octanol–water partition coefficient (Wildman–Crippen LogP) is -0.138. The number of carbonyl (C=O) groups is 2. The van der Waals surface area contributed by atoms with Gasteiger partial charge in [-0.05, 0) is 25.7 Å². The molecule has 0 spiro atoms. The average molecular weight is 455 g/mol.